The molecule has 3 fully saturated rings. The zero-order chi connectivity index (χ0) is 19.0. The quantitative estimate of drug-likeness (QED) is 0.700. The van der Waals surface area contributed by atoms with E-state index in [2.05, 4.69) is 27.0 Å². The highest BCUT2D eigenvalue weighted by Gasteiger charge is 2.42. The van der Waals surface area contributed by atoms with Gasteiger partial charge in [-0.25, -0.2) is 0 Å². The lowest BCUT2D eigenvalue weighted by atomic mass is 9.80. The molecule has 1 spiro atoms. The van der Waals surface area contributed by atoms with Gasteiger partial charge in [0.2, 0.25) is 5.91 Å². The van der Waals surface area contributed by atoms with Gasteiger partial charge in [0.05, 0.1) is 6.61 Å². The van der Waals surface area contributed by atoms with Crippen molar-refractivity contribution < 1.29 is 9.53 Å². The smallest absolute Gasteiger partial charge is 0.222 e. The molecule has 4 aliphatic heterocycles. The summed E-state index contributed by atoms with van der Waals surface area (Å²) in [5, 5.41) is 9.51. The molecule has 0 radical (unpaired) electrons. The summed E-state index contributed by atoms with van der Waals surface area (Å²) in [6.07, 6.45) is 7.12. The van der Waals surface area contributed by atoms with Crippen LogP contribution in [0, 0.1) is 11.8 Å². The van der Waals surface area contributed by atoms with Crippen LogP contribution in [0.2, 0.25) is 0 Å². The van der Waals surface area contributed by atoms with Crippen LogP contribution in [0.25, 0.3) is 0 Å². The number of carbonyl (C=O) groups is 1. The number of likely N-dealkylation sites (tertiary alicyclic amines) is 1. The number of thiophene rings is 1. The van der Waals surface area contributed by atoms with Crippen LogP contribution in [0.1, 0.15) is 49.0 Å². The van der Waals surface area contributed by atoms with Crippen LogP contribution in [0.3, 0.4) is 0 Å². The maximum Gasteiger partial charge on any atom is 0.222 e. The van der Waals surface area contributed by atoms with Crippen LogP contribution in [0.4, 0.5) is 0 Å². The summed E-state index contributed by atoms with van der Waals surface area (Å²) in [5.41, 5.74) is 1.35. The number of ether oxygens (including phenoxy) is 1. The van der Waals surface area contributed by atoms with Gasteiger partial charge in [-0.15, -0.1) is 36.2 Å². The van der Waals surface area contributed by atoms with E-state index in [-0.39, 0.29) is 30.4 Å². The SMILES string of the molecule is Cl.Cl.O=C(CCC[C@@H]1NC[C@@H]2CNC[C@H]1C2)N1CCC2(CC1)OCCc1ccsc12. The number of amides is 1. The Morgan fingerprint density at radius 3 is 2.90 bits per heavy atom. The fourth-order valence-corrected chi connectivity index (χ4v) is 6.99. The first-order chi connectivity index (χ1) is 13.7. The van der Waals surface area contributed by atoms with Crippen molar-refractivity contribution in [2.45, 2.75) is 56.6 Å². The van der Waals surface area contributed by atoms with Gasteiger partial charge in [-0.2, -0.15) is 0 Å². The van der Waals surface area contributed by atoms with Crippen LogP contribution in [0.15, 0.2) is 11.4 Å². The third-order valence-corrected chi connectivity index (χ3v) is 8.60. The molecule has 3 atom stereocenters. The summed E-state index contributed by atoms with van der Waals surface area (Å²) in [7, 11) is 0. The Kier molecular flexibility index (Phi) is 8.49. The van der Waals surface area contributed by atoms with Gasteiger partial charge in [0.25, 0.3) is 0 Å². The Balaban J connectivity index is 0.00000128. The Bertz CT molecular complexity index is 708. The van der Waals surface area contributed by atoms with E-state index < -0.39 is 0 Å². The van der Waals surface area contributed by atoms with Gasteiger partial charge >= 0.3 is 0 Å². The van der Waals surface area contributed by atoms with Crippen molar-refractivity contribution in [3.8, 4) is 0 Å². The third kappa shape index (κ3) is 4.84. The average Bonchev–Trinajstić information content (AvgIpc) is 3.21. The zero-order valence-corrected chi connectivity index (χ0v) is 20.0. The lowest BCUT2D eigenvalue weighted by Gasteiger charge is -2.44. The van der Waals surface area contributed by atoms with Crippen molar-refractivity contribution in [2.75, 3.05) is 39.3 Å². The minimum Gasteiger partial charge on any atom is -0.369 e. The van der Waals surface area contributed by atoms with Gasteiger partial charge in [-0.05, 0) is 87.0 Å². The molecular formula is C22H35Cl2N3O2S. The number of carbonyl (C=O) groups excluding carboxylic acids is 1. The Labute approximate surface area is 196 Å². The number of nitrogens with zero attached hydrogens (tertiary/aromatic N) is 1. The molecule has 2 bridgehead atoms. The topological polar surface area (TPSA) is 53.6 Å². The van der Waals surface area contributed by atoms with Crippen LogP contribution in [0.5, 0.6) is 0 Å². The van der Waals surface area contributed by atoms with Crippen molar-refractivity contribution >= 4 is 42.1 Å². The molecular weight excluding hydrogens is 441 g/mol. The summed E-state index contributed by atoms with van der Waals surface area (Å²) in [4.78, 5) is 16.3. The molecule has 0 aromatic carbocycles. The van der Waals surface area contributed by atoms with Gasteiger partial charge in [-0.3, -0.25) is 4.79 Å². The molecule has 3 saturated heterocycles. The minimum absolute atomic E-state index is 0. The van der Waals surface area contributed by atoms with E-state index in [4.69, 9.17) is 4.74 Å². The van der Waals surface area contributed by atoms with Gasteiger partial charge in [0, 0.05) is 30.4 Å². The molecule has 1 aromatic rings. The predicted molar refractivity (Wildman–Crippen MR) is 126 cm³/mol. The lowest BCUT2D eigenvalue weighted by molar-refractivity contribution is -0.140. The molecule has 30 heavy (non-hydrogen) atoms. The Morgan fingerprint density at radius 2 is 2.07 bits per heavy atom. The van der Waals surface area contributed by atoms with Gasteiger partial charge in [0.1, 0.15) is 5.60 Å². The standard InChI is InChI=1S/C22H33N3O2S.2ClH/c26-20(3-1-2-19-18-12-16(14-24-19)13-23-15-18)25-8-6-22(7-9-25)21-17(4-10-27-22)5-11-28-21;;/h5,11,16,18-19,23-24H,1-4,6-10,12-15H2;2*1H/t16-,18+,19-;;/m0../s1. The maximum absolute atomic E-state index is 12.8. The molecule has 5 rings (SSSR count). The fraction of sp³-hybridized carbons (Fsp3) is 0.773. The molecule has 0 saturated carbocycles. The molecule has 1 amide bonds. The molecule has 0 aliphatic carbocycles. The highest BCUT2D eigenvalue weighted by molar-refractivity contribution is 7.10. The number of nitrogens with one attached hydrogen (secondary N) is 2. The highest BCUT2D eigenvalue weighted by atomic mass is 35.5. The van der Waals surface area contributed by atoms with Crippen LogP contribution in [-0.2, 0) is 21.6 Å². The molecule has 4 aliphatic rings. The second-order valence-corrected chi connectivity index (χ2v) is 10.1. The largest absolute Gasteiger partial charge is 0.369 e. The van der Waals surface area contributed by atoms with Gasteiger partial charge < -0.3 is 20.3 Å². The van der Waals surface area contributed by atoms with Gasteiger partial charge in [-0.1, -0.05) is 0 Å². The summed E-state index contributed by atoms with van der Waals surface area (Å²) in [6, 6.07) is 2.85. The van der Waals surface area contributed by atoms with Crippen LogP contribution >= 0.6 is 36.2 Å². The van der Waals surface area contributed by atoms with Crippen molar-refractivity contribution in [1.29, 1.82) is 0 Å². The number of halogens is 2. The zero-order valence-electron chi connectivity index (χ0n) is 17.6. The number of hydrogen-bond donors (Lipinski definition) is 2. The number of piperidine rings is 3. The van der Waals surface area contributed by atoms with Crippen molar-refractivity contribution in [1.82, 2.24) is 15.5 Å². The number of rotatable bonds is 4. The Hall–Kier alpha value is -0.370. The van der Waals surface area contributed by atoms with E-state index >= 15 is 0 Å². The van der Waals surface area contributed by atoms with Crippen LogP contribution < -0.4 is 10.6 Å². The minimum atomic E-state index is -0.116. The third-order valence-electron chi connectivity index (χ3n) is 7.45. The van der Waals surface area contributed by atoms with Crippen molar-refractivity contribution in [2.24, 2.45) is 11.8 Å². The van der Waals surface area contributed by atoms with E-state index in [9.17, 15) is 4.79 Å². The number of hydrogen-bond acceptors (Lipinski definition) is 5. The van der Waals surface area contributed by atoms with E-state index in [1.54, 1.807) is 0 Å². The molecule has 8 heteroatoms. The first-order valence-electron chi connectivity index (χ1n) is 11.2. The van der Waals surface area contributed by atoms with E-state index in [0.717, 1.165) is 76.7 Å². The van der Waals surface area contributed by atoms with E-state index in [1.165, 1.54) is 23.4 Å². The summed E-state index contributed by atoms with van der Waals surface area (Å²) >= 11 is 1.84. The normalized spacial score (nSPS) is 29.5. The summed E-state index contributed by atoms with van der Waals surface area (Å²) in [5.74, 6) is 1.90. The Morgan fingerprint density at radius 1 is 1.23 bits per heavy atom. The van der Waals surface area contributed by atoms with E-state index in [0.29, 0.717) is 18.4 Å². The second kappa shape index (κ2) is 10.5. The lowest BCUT2D eigenvalue weighted by Crippen LogP contribution is -2.54. The molecule has 5 heterocycles. The molecule has 2 N–H and O–H groups in total. The predicted octanol–water partition coefficient (Wildman–Crippen LogP) is 3.35. The van der Waals surface area contributed by atoms with Crippen molar-refractivity contribution in [3.05, 3.63) is 21.9 Å². The first-order valence-corrected chi connectivity index (χ1v) is 12.0. The average molecular weight is 477 g/mol. The molecule has 1 aromatic heterocycles. The first kappa shape index (κ1) is 24.3. The molecule has 0 unspecified atom stereocenters. The summed E-state index contributed by atoms with van der Waals surface area (Å²) < 4.78 is 6.28. The molecule has 170 valence electrons. The van der Waals surface area contributed by atoms with E-state index in [1.807, 2.05) is 11.3 Å². The monoisotopic (exact) mass is 475 g/mol. The van der Waals surface area contributed by atoms with Crippen LogP contribution in [-0.4, -0.2) is 56.2 Å². The van der Waals surface area contributed by atoms with Crippen molar-refractivity contribution in [3.63, 3.8) is 0 Å². The second-order valence-electron chi connectivity index (χ2n) is 9.18. The summed E-state index contributed by atoms with van der Waals surface area (Å²) in [6.45, 7) is 5.95. The fourth-order valence-electron chi connectivity index (χ4n) is 5.83. The highest BCUT2D eigenvalue weighted by Crippen LogP contribution is 2.44. The molecule has 5 nitrogen and oxygen atoms in total. The maximum atomic E-state index is 12.8. The number of fused-ring (bicyclic) bond motifs is 4. The van der Waals surface area contributed by atoms with Gasteiger partial charge in [0.15, 0.2) is 0 Å².